The number of ether oxygens (including phenoxy) is 1. The van der Waals surface area contributed by atoms with Gasteiger partial charge in [-0.1, -0.05) is 0 Å². The van der Waals surface area contributed by atoms with E-state index in [0.29, 0.717) is 19.0 Å². The molecule has 3 aromatic rings. The molecule has 0 saturated heterocycles. The van der Waals surface area contributed by atoms with E-state index in [1.165, 1.54) is 0 Å². The van der Waals surface area contributed by atoms with Gasteiger partial charge in [0, 0.05) is 37.2 Å². The first-order chi connectivity index (χ1) is 12.5. The van der Waals surface area contributed by atoms with Crippen molar-refractivity contribution >= 4 is 0 Å². The molecular formula is C20H24N4O2. The topological polar surface area (TPSA) is 64.3 Å². The molecule has 0 saturated carbocycles. The second kappa shape index (κ2) is 7.66. The van der Waals surface area contributed by atoms with Gasteiger partial charge in [0.1, 0.15) is 11.5 Å². The molecule has 136 valence electrons. The Hall–Kier alpha value is -2.73. The number of aryl methyl sites for hydroxylation is 1. The van der Waals surface area contributed by atoms with E-state index < -0.39 is 0 Å². The molecule has 3 rings (SSSR count). The van der Waals surface area contributed by atoms with Crippen LogP contribution >= 0.6 is 0 Å². The lowest BCUT2D eigenvalue weighted by Gasteiger charge is -2.14. The van der Waals surface area contributed by atoms with Gasteiger partial charge < -0.3 is 9.15 Å². The van der Waals surface area contributed by atoms with Crippen molar-refractivity contribution in [3.8, 4) is 17.2 Å². The summed E-state index contributed by atoms with van der Waals surface area (Å²) in [6.07, 6.45) is 5.16. The number of hydrogen-bond donors (Lipinski definition) is 0. The molecule has 0 atom stereocenters. The molecule has 0 aliphatic rings. The highest BCUT2D eigenvalue weighted by atomic mass is 16.5. The molecule has 26 heavy (non-hydrogen) atoms. The quantitative estimate of drug-likeness (QED) is 0.674. The fourth-order valence-electron chi connectivity index (χ4n) is 2.94. The van der Waals surface area contributed by atoms with Gasteiger partial charge >= 0.3 is 0 Å². The van der Waals surface area contributed by atoms with Gasteiger partial charge in [0.25, 0.3) is 0 Å². The Balaban J connectivity index is 1.80. The molecule has 0 spiro atoms. The number of hydrogen-bond acceptors (Lipinski definition) is 6. The second-order valence-corrected chi connectivity index (χ2v) is 6.46. The average Bonchev–Trinajstić information content (AvgIpc) is 2.98. The van der Waals surface area contributed by atoms with Crippen molar-refractivity contribution in [1.82, 2.24) is 19.9 Å². The van der Waals surface area contributed by atoms with E-state index in [1.807, 2.05) is 33.0 Å². The highest BCUT2D eigenvalue weighted by molar-refractivity contribution is 5.63. The number of benzene rings is 1. The van der Waals surface area contributed by atoms with Gasteiger partial charge in [-0.2, -0.15) is 0 Å². The number of oxazole rings is 1. The monoisotopic (exact) mass is 352 g/mol. The van der Waals surface area contributed by atoms with Crippen molar-refractivity contribution in [2.75, 3.05) is 14.2 Å². The molecular weight excluding hydrogens is 328 g/mol. The lowest BCUT2D eigenvalue weighted by Crippen LogP contribution is -2.18. The number of methoxy groups -OCH3 is 1. The fraction of sp³-hybridized carbons (Fsp3) is 0.350. The van der Waals surface area contributed by atoms with E-state index in [1.54, 1.807) is 25.7 Å². The third kappa shape index (κ3) is 3.75. The summed E-state index contributed by atoms with van der Waals surface area (Å²) < 4.78 is 11.3. The minimum Gasteiger partial charge on any atom is -0.496 e. The molecule has 0 aliphatic carbocycles. The number of aromatic nitrogens is 3. The molecule has 0 amide bonds. The van der Waals surface area contributed by atoms with E-state index >= 15 is 0 Å². The molecule has 0 radical (unpaired) electrons. The molecule has 6 heteroatoms. The molecule has 0 aliphatic heterocycles. The molecule has 2 aromatic heterocycles. The van der Waals surface area contributed by atoms with Crippen LogP contribution in [-0.4, -0.2) is 34.0 Å². The maximum atomic E-state index is 5.95. The molecule has 2 heterocycles. The summed E-state index contributed by atoms with van der Waals surface area (Å²) >= 11 is 0. The van der Waals surface area contributed by atoms with Crippen LogP contribution in [0.15, 0.2) is 35.1 Å². The predicted octanol–water partition coefficient (Wildman–Crippen LogP) is 3.70. The molecule has 0 fully saturated rings. The van der Waals surface area contributed by atoms with Gasteiger partial charge in [0.15, 0.2) is 0 Å². The van der Waals surface area contributed by atoms with Crippen LogP contribution in [-0.2, 0) is 13.1 Å². The predicted molar refractivity (Wildman–Crippen MR) is 99.9 cm³/mol. The molecule has 0 bridgehead atoms. The van der Waals surface area contributed by atoms with E-state index in [-0.39, 0.29) is 0 Å². The lowest BCUT2D eigenvalue weighted by molar-refractivity contribution is 0.309. The lowest BCUT2D eigenvalue weighted by atomic mass is 10.0. The Kier molecular flexibility index (Phi) is 5.32. The van der Waals surface area contributed by atoms with Crippen molar-refractivity contribution in [3.63, 3.8) is 0 Å². The summed E-state index contributed by atoms with van der Waals surface area (Å²) in [6, 6.07) is 3.95. The fourth-order valence-corrected chi connectivity index (χ4v) is 2.94. The van der Waals surface area contributed by atoms with Crippen LogP contribution in [0.1, 0.15) is 28.3 Å². The summed E-state index contributed by atoms with van der Waals surface area (Å²) in [4.78, 5) is 15.3. The van der Waals surface area contributed by atoms with Crippen LogP contribution in [0.2, 0.25) is 0 Å². The zero-order valence-electron chi connectivity index (χ0n) is 15.9. The maximum Gasteiger partial charge on any atom is 0.226 e. The average molecular weight is 352 g/mol. The number of nitrogens with zero attached hydrogens (tertiary/aromatic N) is 4. The van der Waals surface area contributed by atoms with E-state index in [2.05, 4.69) is 21.8 Å². The Bertz CT molecular complexity index is 890. The van der Waals surface area contributed by atoms with Crippen LogP contribution in [0.5, 0.6) is 5.75 Å². The van der Waals surface area contributed by atoms with Gasteiger partial charge in [-0.25, -0.2) is 4.98 Å². The van der Waals surface area contributed by atoms with Crippen molar-refractivity contribution in [1.29, 1.82) is 0 Å². The Labute approximate surface area is 153 Å². The van der Waals surface area contributed by atoms with E-state index in [4.69, 9.17) is 14.1 Å². The first-order valence-electron chi connectivity index (χ1n) is 8.54. The van der Waals surface area contributed by atoms with E-state index in [9.17, 15) is 0 Å². The van der Waals surface area contributed by atoms with Gasteiger partial charge in [0.2, 0.25) is 5.89 Å². The van der Waals surface area contributed by atoms with Crippen LogP contribution in [0.3, 0.4) is 0 Å². The van der Waals surface area contributed by atoms with Crippen molar-refractivity contribution in [2.45, 2.75) is 33.9 Å². The summed E-state index contributed by atoms with van der Waals surface area (Å²) in [7, 11) is 3.72. The van der Waals surface area contributed by atoms with E-state index in [0.717, 1.165) is 39.6 Å². The third-order valence-electron chi connectivity index (χ3n) is 4.55. The van der Waals surface area contributed by atoms with Gasteiger partial charge in [-0.15, -0.1) is 0 Å². The molecule has 1 aromatic carbocycles. The minimum absolute atomic E-state index is 0.647. The highest BCUT2D eigenvalue weighted by Gasteiger charge is 2.17. The molecule has 0 N–H and O–H groups in total. The zero-order valence-corrected chi connectivity index (χ0v) is 15.9. The highest BCUT2D eigenvalue weighted by Crippen LogP contribution is 2.31. The first kappa shape index (κ1) is 18.1. The van der Waals surface area contributed by atoms with Crippen LogP contribution in [0.4, 0.5) is 0 Å². The van der Waals surface area contributed by atoms with Crippen LogP contribution in [0.25, 0.3) is 11.5 Å². The summed E-state index contributed by atoms with van der Waals surface area (Å²) in [5.41, 5.74) is 5.07. The standard InChI is InChI=1S/C20H24N4O2/c1-13-14(2)19(25-5)7-6-17(13)20-23-18(15(3)26-20)12-24(4)11-16-10-21-8-9-22-16/h6-10H,11-12H2,1-5H3. The summed E-state index contributed by atoms with van der Waals surface area (Å²) in [5.74, 6) is 2.35. The molecule has 0 unspecified atom stereocenters. The maximum absolute atomic E-state index is 5.95. The largest absolute Gasteiger partial charge is 0.496 e. The molecule has 6 nitrogen and oxygen atoms in total. The summed E-state index contributed by atoms with van der Waals surface area (Å²) in [6.45, 7) is 7.44. The smallest absolute Gasteiger partial charge is 0.226 e. The number of rotatable bonds is 6. The van der Waals surface area contributed by atoms with Crippen LogP contribution in [0, 0.1) is 20.8 Å². The minimum atomic E-state index is 0.647. The SMILES string of the molecule is COc1ccc(-c2nc(CN(C)Cc3cnccn3)c(C)o2)c(C)c1C. The Morgan fingerprint density at radius 3 is 2.58 bits per heavy atom. The second-order valence-electron chi connectivity index (χ2n) is 6.46. The first-order valence-corrected chi connectivity index (χ1v) is 8.54. The van der Waals surface area contributed by atoms with Crippen LogP contribution < -0.4 is 4.74 Å². The van der Waals surface area contributed by atoms with Crippen molar-refractivity contribution in [2.24, 2.45) is 0 Å². The van der Waals surface area contributed by atoms with Crippen molar-refractivity contribution in [3.05, 3.63) is 59.0 Å². The summed E-state index contributed by atoms with van der Waals surface area (Å²) in [5, 5.41) is 0. The van der Waals surface area contributed by atoms with Gasteiger partial charge in [0.05, 0.1) is 18.5 Å². The zero-order chi connectivity index (χ0) is 18.7. The Morgan fingerprint density at radius 1 is 1.08 bits per heavy atom. The van der Waals surface area contributed by atoms with Gasteiger partial charge in [-0.05, 0) is 51.1 Å². The normalized spacial score (nSPS) is 11.2. The third-order valence-corrected chi connectivity index (χ3v) is 4.55. The van der Waals surface area contributed by atoms with Crippen molar-refractivity contribution < 1.29 is 9.15 Å². The Morgan fingerprint density at radius 2 is 1.88 bits per heavy atom. The van der Waals surface area contributed by atoms with Gasteiger partial charge in [-0.3, -0.25) is 14.9 Å².